The molecule has 0 spiro atoms. The van der Waals surface area contributed by atoms with Crippen LogP contribution >= 0.6 is 0 Å². The average molecular weight is 288 g/mol. The highest BCUT2D eigenvalue weighted by Crippen LogP contribution is 2.22. The second-order valence-corrected chi connectivity index (χ2v) is 4.67. The third-order valence-electron chi connectivity index (χ3n) is 3.35. The van der Waals surface area contributed by atoms with Crippen molar-refractivity contribution in [2.24, 2.45) is 0 Å². The summed E-state index contributed by atoms with van der Waals surface area (Å²) in [5.74, 6) is 0.841. The Kier molecular flexibility index (Phi) is 3.83. The zero-order valence-electron chi connectivity index (χ0n) is 11.7. The number of hydrogen-bond acceptors (Lipinski definition) is 6. The molecule has 0 aliphatic carbocycles. The van der Waals surface area contributed by atoms with Gasteiger partial charge in [-0.2, -0.15) is 0 Å². The van der Waals surface area contributed by atoms with E-state index in [4.69, 9.17) is 9.15 Å². The van der Waals surface area contributed by atoms with Gasteiger partial charge < -0.3 is 19.4 Å². The van der Waals surface area contributed by atoms with Crippen molar-refractivity contribution < 1.29 is 13.9 Å². The molecule has 0 unspecified atom stereocenters. The zero-order valence-corrected chi connectivity index (χ0v) is 11.7. The SMILES string of the molecule is CNc1cccc([C@H]2CN(C(=O)c3cnco3)CCO2)n1. The molecule has 0 bridgehead atoms. The fraction of sp³-hybridized carbons (Fsp3) is 0.357. The first-order valence-corrected chi connectivity index (χ1v) is 6.72. The summed E-state index contributed by atoms with van der Waals surface area (Å²) in [6.45, 7) is 1.44. The molecule has 2 aromatic heterocycles. The topological polar surface area (TPSA) is 80.5 Å². The zero-order chi connectivity index (χ0) is 14.7. The molecule has 1 fully saturated rings. The standard InChI is InChI=1S/C14H16N4O3/c1-15-13-4-2-3-10(17-13)12-8-18(5-6-20-12)14(19)11-7-16-9-21-11/h2-4,7,9,12H,5-6,8H2,1H3,(H,15,17)/t12-/m1/s1. The Hall–Kier alpha value is -2.41. The summed E-state index contributed by atoms with van der Waals surface area (Å²) >= 11 is 0. The van der Waals surface area contributed by atoms with Crippen LogP contribution in [-0.4, -0.2) is 47.5 Å². The van der Waals surface area contributed by atoms with E-state index < -0.39 is 0 Å². The number of carbonyl (C=O) groups is 1. The lowest BCUT2D eigenvalue weighted by Crippen LogP contribution is -2.42. The fourth-order valence-electron chi connectivity index (χ4n) is 2.26. The van der Waals surface area contributed by atoms with Gasteiger partial charge in [0.05, 0.1) is 25.0 Å². The summed E-state index contributed by atoms with van der Waals surface area (Å²) in [6, 6.07) is 5.69. The first-order valence-electron chi connectivity index (χ1n) is 6.72. The number of rotatable bonds is 3. The van der Waals surface area contributed by atoms with Gasteiger partial charge >= 0.3 is 0 Å². The summed E-state index contributed by atoms with van der Waals surface area (Å²) in [6.07, 6.45) is 2.44. The van der Waals surface area contributed by atoms with Gasteiger partial charge in [-0.15, -0.1) is 0 Å². The maximum Gasteiger partial charge on any atom is 0.291 e. The maximum atomic E-state index is 12.3. The van der Waals surface area contributed by atoms with E-state index in [2.05, 4.69) is 15.3 Å². The van der Waals surface area contributed by atoms with Crippen LogP contribution in [0.3, 0.4) is 0 Å². The number of nitrogens with zero attached hydrogens (tertiary/aromatic N) is 3. The van der Waals surface area contributed by atoms with Crippen LogP contribution in [0.15, 0.2) is 35.2 Å². The molecule has 7 nitrogen and oxygen atoms in total. The summed E-state index contributed by atoms with van der Waals surface area (Å²) in [7, 11) is 1.81. The second-order valence-electron chi connectivity index (χ2n) is 4.67. The van der Waals surface area contributed by atoms with Gasteiger partial charge in [0.15, 0.2) is 6.39 Å². The lowest BCUT2D eigenvalue weighted by Gasteiger charge is -2.32. The summed E-state index contributed by atoms with van der Waals surface area (Å²) in [5.41, 5.74) is 0.803. The molecule has 1 N–H and O–H groups in total. The van der Waals surface area contributed by atoms with Crippen LogP contribution < -0.4 is 5.32 Å². The lowest BCUT2D eigenvalue weighted by atomic mass is 10.2. The molecule has 1 saturated heterocycles. The molecular formula is C14H16N4O3. The van der Waals surface area contributed by atoms with E-state index in [9.17, 15) is 4.79 Å². The van der Waals surface area contributed by atoms with E-state index in [0.29, 0.717) is 19.7 Å². The summed E-state index contributed by atoms with van der Waals surface area (Å²) in [5, 5.41) is 2.99. The van der Waals surface area contributed by atoms with Crippen molar-refractivity contribution in [3.05, 3.63) is 42.2 Å². The van der Waals surface area contributed by atoms with Gasteiger partial charge in [-0.3, -0.25) is 4.79 Å². The van der Waals surface area contributed by atoms with Crippen molar-refractivity contribution in [3.63, 3.8) is 0 Å². The van der Waals surface area contributed by atoms with E-state index in [-0.39, 0.29) is 17.8 Å². The van der Waals surface area contributed by atoms with Crippen LogP contribution in [0.2, 0.25) is 0 Å². The monoisotopic (exact) mass is 288 g/mol. The highest BCUT2D eigenvalue weighted by molar-refractivity contribution is 5.91. The molecular weight excluding hydrogens is 272 g/mol. The van der Waals surface area contributed by atoms with Crippen LogP contribution in [0.5, 0.6) is 0 Å². The van der Waals surface area contributed by atoms with Gasteiger partial charge in [0.2, 0.25) is 5.76 Å². The Labute approximate surface area is 121 Å². The van der Waals surface area contributed by atoms with Gasteiger partial charge in [-0.25, -0.2) is 9.97 Å². The molecule has 1 atom stereocenters. The van der Waals surface area contributed by atoms with E-state index in [1.165, 1.54) is 12.6 Å². The molecule has 3 rings (SSSR count). The third kappa shape index (κ3) is 2.87. The Bertz CT molecular complexity index is 614. The number of aromatic nitrogens is 2. The van der Waals surface area contributed by atoms with E-state index >= 15 is 0 Å². The number of pyridine rings is 1. The molecule has 3 heterocycles. The maximum absolute atomic E-state index is 12.3. The number of nitrogens with one attached hydrogen (secondary N) is 1. The minimum atomic E-state index is -0.237. The first kappa shape index (κ1) is 13.6. The van der Waals surface area contributed by atoms with Gasteiger partial charge in [0.1, 0.15) is 11.9 Å². The summed E-state index contributed by atoms with van der Waals surface area (Å²) < 4.78 is 10.8. The third-order valence-corrected chi connectivity index (χ3v) is 3.35. The molecule has 0 saturated carbocycles. The molecule has 1 amide bonds. The molecule has 1 aliphatic rings. The van der Waals surface area contributed by atoms with Crippen molar-refractivity contribution in [1.82, 2.24) is 14.9 Å². The van der Waals surface area contributed by atoms with Crippen molar-refractivity contribution >= 4 is 11.7 Å². The summed E-state index contributed by atoms with van der Waals surface area (Å²) in [4.78, 5) is 22.2. The largest absolute Gasteiger partial charge is 0.438 e. The Morgan fingerprint density at radius 2 is 2.38 bits per heavy atom. The Morgan fingerprint density at radius 1 is 1.48 bits per heavy atom. The molecule has 7 heteroatoms. The van der Waals surface area contributed by atoms with Crippen molar-refractivity contribution in [2.75, 3.05) is 32.1 Å². The Balaban J connectivity index is 1.75. The normalized spacial score (nSPS) is 18.5. The number of anilines is 1. The molecule has 0 radical (unpaired) electrons. The van der Waals surface area contributed by atoms with E-state index in [1.54, 1.807) is 4.90 Å². The van der Waals surface area contributed by atoms with E-state index in [0.717, 1.165) is 11.5 Å². The first-order chi connectivity index (χ1) is 10.3. The van der Waals surface area contributed by atoms with Gasteiger partial charge in [-0.1, -0.05) is 6.07 Å². The predicted octanol–water partition coefficient (Wildman–Crippen LogP) is 1.32. The highest BCUT2D eigenvalue weighted by atomic mass is 16.5. The van der Waals surface area contributed by atoms with Crippen LogP contribution in [0.4, 0.5) is 5.82 Å². The molecule has 1 aliphatic heterocycles. The smallest absolute Gasteiger partial charge is 0.291 e. The minimum absolute atomic E-state index is 0.175. The number of hydrogen-bond donors (Lipinski definition) is 1. The molecule has 110 valence electrons. The molecule has 2 aromatic rings. The number of morpholine rings is 1. The minimum Gasteiger partial charge on any atom is -0.438 e. The molecule has 0 aromatic carbocycles. The Morgan fingerprint density at radius 3 is 3.14 bits per heavy atom. The van der Waals surface area contributed by atoms with Crippen LogP contribution in [0.25, 0.3) is 0 Å². The number of ether oxygens (including phenoxy) is 1. The van der Waals surface area contributed by atoms with Crippen LogP contribution in [0, 0.1) is 0 Å². The van der Waals surface area contributed by atoms with Gasteiger partial charge in [0.25, 0.3) is 5.91 Å². The number of carbonyl (C=O) groups excluding carboxylic acids is 1. The van der Waals surface area contributed by atoms with Crippen molar-refractivity contribution in [3.8, 4) is 0 Å². The predicted molar refractivity (Wildman–Crippen MR) is 74.9 cm³/mol. The van der Waals surface area contributed by atoms with Crippen molar-refractivity contribution in [2.45, 2.75) is 6.10 Å². The quantitative estimate of drug-likeness (QED) is 0.917. The number of oxazole rings is 1. The van der Waals surface area contributed by atoms with Gasteiger partial charge in [0, 0.05) is 13.6 Å². The van der Waals surface area contributed by atoms with Crippen molar-refractivity contribution in [1.29, 1.82) is 0 Å². The number of amides is 1. The lowest BCUT2D eigenvalue weighted by molar-refractivity contribution is -0.0255. The fourth-order valence-corrected chi connectivity index (χ4v) is 2.26. The molecule has 21 heavy (non-hydrogen) atoms. The average Bonchev–Trinajstić information content (AvgIpc) is 3.09. The highest BCUT2D eigenvalue weighted by Gasteiger charge is 2.28. The van der Waals surface area contributed by atoms with Crippen LogP contribution in [-0.2, 0) is 4.74 Å². The van der Waals surface area contributed by atoms with Crippen LogP contribution in [0.1, 0.15) is 22.4 Å². The second kappa shape index (κ2) is 5.92. The van der Waals surface area contributed by atoms with Gasteiger partial charge in [-0.05, 0) is 12.1 Å². The van der Waals surface area contributed by atoms with E-state index in [1.807, 2.05) is 25.2 Å².